The van der Waals surface area contributed by atoms with E-state index in [2.05, 4.69) is 4.98 Å². The summed E-state index contributed by atoms with van der Waals surface area (Å²) in [5.74, 6) is 0. The molecular weight excluding hydrogens is 150 g/mol. The van der Waals surface area contributed by atoms with Crippen molar-refractivity contribution in [1.29, 1.82) is 0 Å². The summed E-state index contributed by atoms with van der Waals surface area (Å²) in [5.41, 5.74) is 2.17. The number of aromatic nitrogens is 1. The fourth-order valence-electron chi connectivity index (χ4n) is 1.25. The number of aliphatic hydroxyl groups is 1. The van der Waals surface area contributed by atoms with Gasteiger partial charge in [-0.15, -0.1) is 0 Å². The van der Waals surface area contributed by atoms with Gasteiger partial charge in [-0.2, -0.15) is 0 Å². The summed E-state index contributed by atoms with van der Waals surface area (Å²) in [6, 6.07) is 1.95. The Hall–Kier alpha value is -0.890. The molecule has 0 spiro atoms. The Morgan fingerprint density at radius 2 is 1.92 bits per heavy atom. The number of hydrogen-bond donors (Lipinski definition) is 1. The molecule has 0 saturated heterocycles. The van der Waals surface area contributed by atoms with Gasteiger partial charge >= 0.3 is 0 Å². The molecule has 1 rings (SSSR count). The second-order valence-electron chi connectivity index (χ2n) is 3.66. The summed E-state index contributed by atoms with van der Waals surface area (Å²) in [6.45, 7) is 7.51. The highest BCUT2D eigenvalue weighted by Crippen LogP contribution is 2.22. The molecule has 0 amide bonds. The first-order chi connectivity index (χ1) is 5.43. The summed E-state index contributed by atoms with van der Waals surface area (Å²) in [6.07, 6.45) is 1.73. The molecule has 0 radical (unpaired) electrons. The summed E-state index contributed by atoms with van der Waals surface area (Å²) >= 11 is 0. The summed E-state index contributed by atoms with van der Waals surface area (Å²) in [5, 5.41) is 9.73. The van der Waals surface area contributed by atoms with Gasteiger partial charge in [0, 0.05) is 6.20 Å². The lowest BCUT2D eigenvalue weighted by Crippen LogP contribution is -2.19. The van der Waals surface area contributed by atoms with Crippen molar-refractivity contribution in [3.8, 4) is 0 Å². The fraction of sp³-hybridized carbons (Fsp3) is 0.500. The minimum atomic E-state index is -0.837. The number of pyridine rings is 1. The maximum absolute atomic E-state index is 9.73. The molecule has 2 nitrogen and oxygen atoms in total. The SMILES string of the molecule is Cc1ccnc(C(C)(C)O)c1C. The predicted molar refractivity (Wildman–Crippen MR) is 49.0 cm³/mol. The van der Waals surface area contributed by atoms with Crippen molar-refractivity contribution >= 4 is 0 Å². The minimum Gasteiger partial charge on any atom is -0.384 e. The Kier molecular flexibility index (Phi) is 2.20. The van der Waals surface area contributed by atoms with Crippen molar-refractivity contribution in [3.05, 3.63) is 29.1 Å². The molecule has 0 aliphatic heterocycles. The van der Waals surface area contributed by atoms with Gasteiger partial charge in [-0.25, -0.2) is 0 Å². The molecule has 0 fully saturated rings. The molecule has 66 valence electrons. The van der Waals surface area contributed by atoms with Crippen LogP contribution in [0.3, 0.4) is 0 Å². The Morgan fingerprint density at radius 1 is 1.33 bits per heavy atom. The number of aryl methyl sites for hydroxylation is 1. The Bertz CT molecular complexity index is 286. The van der Waals surface area contributed by atoms with Crippen molar-refractivity contribution < 1.29 is 5.11 Å². The molecule has 0 aliphatic rings. The van der Waals surface area contributed by atoms with Crippen molar-refractivity contribution in [2.24, 2.45) is 0 Å². The van der Waals surface area contributed by atoms with E-state index in [0.29, 0.717) is 0 Å². The molecule has 0 bridgehead atoms. The summed E-state index contributed by atoms with van der Waals surface area (Å²) in [4.78, 5) is 4.16. The topological polar surface area (TPSA) is 33.1 Å². The molecule has 1 aromatic rings. The van der Waals surface area contributed by atoms with E-state index < -0.39 is 5.60 Å². The van der Waals surface area contributed by atoms with E-state index in [-0.39, 0.29) is 0 Å². The van der Waals surface area contributed by atoms with Crippen LogP contribution in [0.1, 0.15) is 30.7 Å². The van der Waals surface area contributed by atoms with Crippen LogP contribution >= 0.6 is 0 Å². The van der Waals surface area contributed by atoms with Gasteiger partial charge in [0.25, 0.3) is 0 Å². The van der Waals surface area contributed by atoms with Gasteiger partial charge in [0.2, 0.25) is 0 Å². The van der Waals surface area contributed by atoms with Crippen LogP contribution in [0, 0.1) is 13.8 Å². The largest absolute Gasteiger partial charge is 0.384 e. The second-order valence-corrected chi connectivity index (χ2v) is 3.66. The first-order valence-electron chi connectivity index (χ1n) is 4.08. The van der Waals surface area contributed by atoms with E-state index in [0.717, 1.165) is 11.3 Å². The smallest absolute Gasteiger partial charge is 0.101 e. The number of hydrogen-bond acceptors (Lipinski definition) is 2. The molecular formula is C10H15NO. The molecule has 1 heterocycles. The lowest BCUT2D eigenvalue weighted by Gasteiger charge is -2.19. The lowest BCUT2D eigenvalue weighted by atomic mass is 9.97. The van der Waals surface area contributed by atoms with E-state index >= 15 is 0 Å². The lowest BCUT2D eigenvalue weighted by molar-refractivity contribution is 0.0730. The molecule has 0 aromatic carbocycles. The van der Waals surface area contributed by atoms with Crippen molar-refractivity contribution in [1.82, 2.24) is 4.98 Å². The number of rotatable bonds is 1. The van der Waals surface area contributed by atoms with Gasteiger partial charge in [0.05, 0.1) is 5.69 Å². The van der Waals surface area contributed by atoms with Gasteiger partial charge < -0.3 is 5.11 Å². The van der Waals surface area contributed by atoms with Gasteiger partial charge in [-0.1, -0.05) is 0 Å². The van der Waals surface area contributed by atoms with Crippen molar-refractivity contribution in [3.63, 3.8) is 0 Å². The third-order valence-corrected chi connectivity index (χ3v) is 2.05. The highest BCUT2D eigenvalue weighted by Gasteiger charge is 2.20. The van der Waals surface area contributed by atoms with Gasteiger partial charge in [-0.3, -0.25) is 4.98 Å². The first-order valence-corrected chi connectivity index (χ1v) is 4.08. The molecule has 1 N–H and O–H groups in total. The molecule has 0 saturated carbocycles. The van der Waals surface area contributed by atoms with Crippen LogP contribution in [0.5, 0.6) is 0 Å². The highest BCUT2D eigenvalue weighted by molar-refractivity contribution is 5.30. The van der Waals surface area contributed by atoms with Crippen molar-refractivity contribution in [2.45, 2.75) is 33.3 Å². The van der Waals surface area contributed by atoms with Gasteiger partial charge in [0.15, 0.2) is 0 Å². The molecule has 0 aliphatic carbocycles. The highest BCUT2D eigenvalue weighted by atomic mass is 16.3. The van der Waals surface area contributed by atoms with Gasteiger partial charge in [0.1, 0.15) is 5.60 Å². The zero-order chi connectivity index (χ0) is 9.35. The van der Waals surface area contributed by atoms with E-state index in [1.54, 1.807) is 20.0 Å². The Labute approximate surface area is 73.3 Å². The van der Waals surface area contributed by atoms with Crippen LogP contribution in [-0.2, 0) is 5.60 Å². The van der Waals surface area contributed by atoms with Crippen LogP contribution in [0.4, 0.5) is 0 Å². The molecule has 2 heteroatoms. The quantitative estimate of drug-likeness (QED) is 0.689. The normalized spacial score (nSPS) is 11.8. The fourth-order valence-corrected chi connectivity index (χ4v) is 1.25. The maximum Gasteiger partial charge on any atom is 0.101 e. The third kappa shape index (κ3) is 1.64. The first kappa shape index (κ1) is 9.20. The van der Waals surface area contributed by atoms with Crippen LogP contribution in [0.15, 0.2) is 12.3 Å². The van der Waals surface area contributed by atoms with Crippen LogP contribution in [-0.4, -0.2) is 10.1 Å². The van der Waals surface area contributed by atoms with Crippen LogP contribution < -0.4 is 0 Å². The second kappa shape index (κ2) is 2.87. The standard InChI is InChI=1S/C10H15NO/c1-7-5-6-11-9(8(7)2)10(3,4)12/h5-6,12H,1-4H3. The summed E-state index contributed by atoms with van der Waals surface area (Å²) < 4.78 is 0. The molecule has 1 aromatic heterocycles. The van der Waals surface area contributed by atoms with Crippen molar-refractivity contribution in [2.75, 3.05) is 0 Å². The Morgan fingerprint density at radius 3 is 2.33 bits per heavy atom. The average molecular weight is 165 g/mol. The average Bonchev–Trinajstić information content (AvgIpc) is 1.92. The molecule has 0 unspecified atom stereocenters. The monoisotopic (exact) mass is 165 g/mol. The number of nitrogens with zero attached hydrogens (tertiary/aromatic N) is 1. The molecule has 0 atom stereocenters. The van der Waals surface area contributed by atoms with E-state index in [9.17, 15) is 5.11 Å². The van der Waals surface area contributed by atoms with E-state index in [1.807, 2.05) is 19.9 Å². The minimum absolute atomic E-state index is 0.766. The van der Waals surface area contributed by atoms with Crippen LogP contribution in [0.25, 0.3) is 0 Å². The van der Waals surface area contributed by atoms with E-state index in [4.69, 9.17) is 0 Å². The zero-order valence-corrected chi connectivity index (χ0v) is 8.05. The van der Waals surface area contributed by atoms with E-state index in [1.165, 1.54) is 5.56 Å². The molecule has 12 heavy (non-hydrogen) atoms. The zero-order valence-electron chi connectivity index (χ0n) is 8.05. The van der Waals surface area contributed by atoms with Gasteiger partial charge in [-0.05, 0) is 44.9 Å². The van der Waals surface area contributed by atoms with Crippen LogP contribution in [0.2, 0.25) is 0 Å². The third-order valence-electron chi connectivity index (χ3n) is 2.05. The predicted octanol–water partition coefficient (Wildman–Crippen LogP) is 1.93. The summed E-state index contributed by atoms with van der Waals surface area (Å²) in [7, 11) is 0. The maximum atomic E-state index is 9.73. The Balaban J connectivity index is 3.26.